The maximum atomic E-state index is 12.9. The molecule has 2 amide bonds. The van der Waals surface area contributed by atoms with Crippen LogP contribution in [0.25, 0.3) is 6.08 Å². The van der Waals surface area contributed by atoms with Crippen molar-refractivity contribution in [2.24, 2.45) is 0 Å². The van der Waals surface area contributed by atoms with Crippen LogP contribution in [0, 0.1) is 11.3 Å². The molecule has 0 radical (unpaired) electrons. The lowest BCUT2D eigenvalue weighted by Crippen LogP contribution is -2.42. The molecule has 27 heavy (non-hydrogen) atoms. The summed E-state index contributed by atoms with van der Waals surface area (Å²) in [6, 6.07) is 12.5. The zero-order valence-corrected chi connectivity index (χ0v) is 15.1. The quantitative estimate of drug-likeness (QED) is 0.601. The number of hydrogen-bond acceptors (Lipinski definition) is 5. The van der Waals surface area contributed by atoms with Gasteiger partial charge in [-0.3, -0.25) is 14.5 Å². The number of amides is 2. The second kappa shape index (κ2) is 7.75. The van der Waals surface area contributed by atoms with Gasteiger partial charge in [-0.15, -0.1) is 0 Å². The minimum atomic E-state index is -0.611. The summed E-state index contributed by atoms with van der Waals surface area (Å²) in [6.45, 7) is 4.05. The Kier molecular flexibility index (Phi) is 5.23. The molecule has 0 fully saturated rings. The highest BCUT2D eigenvalue weighted by molar-refractivity contribution is 6.19. The van der Waals surface area contributed by atoms with E-state index in [4.69, 9.17) is 9.15 Å². The van der Waals surface area contributed by atoms with Crippen molar-refractivity contribution in [1.82, 2.24) is 4.90 Å². The first-order chi connectivity index (χ1) is 13.0. The Morgan fingerprint density at radius 3 is 2.52 bits per heavy atom. The van der Waals surface area contributed by atoms with Crippen molar-refractivity contribution in [3.63, 3.8) is 0 Å². The molecule has 3 rings (SSSR count). The molecule has 0 bridgehead atoms. The van der Waals surface area contributed by atoms with Gasteiger partial charge in [0.1, 0.15) is 23.2 Å². The molecular weight excluding hydrogens is 344 g/mol. The fourth-order valence-corrected chi connectivity index (χ4v) is 2.83. The molecule has 0 N–H and O–H groups in total. The van der Waals surface area contributed by atoms with E-state index in [1.54, 1.807) is 37.3 Å². The fraction of sp³-hybridized carbons (Fsp3) is 0.190. The van der Waals surface area contributed by atoms with Crippen molar-refractivity contribution in [2.75, 3.05) is 6.61 Å². The van der Waals surface area contributed by atoms with E-state index in [1.165, 1.54) is 6.26 Å². The minimum Gasteiger partial charge on any atom is -0.494 e. The van der Waals surface area contributed by atoms with Crippen molar-refractivity contribution in [2.45, 2.75) is 20.4 Å². The van der Waals surface area contributed by atoms with Gasteiger partial charge in [-0.2, -0.15) is 5.26 Å². The number of nitrogens with zero attached hydrogens (tertiary/aromatic N) is 2. The number of hydrogen-bond donors (Lipinski definition) is 0. The molecule has 1 aromatic heterocycles. The first-order valence-electron chi connectivity index (χ1n) is 8.49. The van der Waals surface area contributed by atoms with E-state index in [0.717, 1.165) is 16.2 Å². The molecule has 1 aromatic carbocycles. The molecule has 2 aromatic rings. The Bertz CT molecular complexity index is 961. The lowest BCUT2D eigenvalue weighted by atomic mass is 9.93. The Hall–Kier alpha value is -3.59. The van der Waals surface area contributed by atoms with Gasteiger partial charge in [-0.05, 0) is 55.3 Å². The van der Waals surface area contributed by atoms with Gasteiger partial charge in [0, 0.05) is 5.57 Å². The Morgan fingerprint density at radius 1 is 1.19 bits per heavy atom. The molecule has 0 spiro atoms. The van der Waals surface area contributed by atoms with Crippen LogP contribution in [0.5, 0.6) is 5.75 Å². The van der Waals surface area contributed by atoms with Crippen LogP contribution < -0.4 is 4.74 Å². The first kappa shape index (κ1) is 18.2. The number of furan rings is 1. The summed E-state index contributed by atoms with van der Waals surface area (Å²) in [6.07, 6.45) is 3.14. The summed E-state index contributed by atoms with van der Waals surface area (Å²) in [5.74, 6) is 0.130. The molecule has 6 nitrogen and oxygen atoms in total. The number of imide groups is 1. The van der Waals surface area contributed by atoms with Crippen LogP contribution in [0.3, 0.4) is 0 Å². The van der Waals surface area contributed by atoms with E-state index in [1.807, 2.05) is 25.1 Å². The summed E-state index contributed by atoms with van der Waals surface area (Å²) >= 11 is 0. The van der Waals surface area contributed by atoms with Crippen LogP contribution in [0.1, 0.15) is 25.2 Å². The number of rotatable bonds is 5. The molecule has 6 heteroatoms. The smallest absolute Gasteiger partial charge is 0.272 e. The summed E-state index contributed by atoms with van der Waals surface area (Å²) in [5.41, 5.74) is 1.41. The molecule has 0 aliphatic carbocycles. The number of carbonyl (C=O) groups excluding carboxylic acids is 2. The van der Waals surface area contributed by atoms with Gasteiger partial charge >= 0.3 is 0 Å². The summed E-state index contributed by atoms with van der Waals surface area (Å²) < 4.78 is 10.7. The fourth-order valence-electron chi connectivity index (χ4n) is 2.83. The van der Waals surface area contributed by atoms with E-state index in [2.05, 4.69) is 0 Å². The number of benzene rings is 1. The summed E-state index contributed by atoms with van der Waals surface area (Å²) in [4.78, 5) is 26.5. The highest BCUT2D eigenvalue weighted by atomic mass is 16.5. The average Bonchev–Trinajstić information content (AvgIpc) is 3.18. The molecule has 0 unspecified atom stereocenters. The van der Waals surface area contributed by atoms with E-state index < -0.39 is 11.8 Å². The highest BCUT2D eigenvalue weighted by Gasteiger charge is 2.35. The third kappa shape index (κ3) is 3.67. The van der Waals surface area contributed by atoms with Crippen LogP contribution in [-0.4, -0.2) is 23.3 Å². The molecular formula is C21H18N2O4. The first-order valence-corrected chi connectivity index (χ1v) is 8.49. The molecule has 1 aliphatic heterocycles. The van der Waals surface area contributed by atoms with Crippen LogP contribution >= 0.6 is 0 Å². The van der Waals surface area contributed by atoms with Crippen molar-refractivity contribution in [1.29, 1.82) is 5.26 Å². The SMILES string of the molecule is CCOc1ccc(/C=C2/C(=O)N(Cc3ccco3)C(=O)C(C#N)=C2C)cc1. The predicted octanol–water partition coefficient (Wildman–Crippen LogP) is 3.47. The highest BCUT2D eigenvalue weighted by Crippen LogP contribution is 2.28. The number of ether oxygens (including phenoxy) is 1. The van der Waals surface area contributed by atoms with Gasteiger partial charge in [0.2, 0.25) is 0 Å². The van der Waals surface area contributed by atoms with Crippen molar-refractivity contribution < 1.29 is 18.7 Å². The van der Waals surface area contributed by atoms with E-state index in [0.29, 0.717) is 23.5 Å². The third-order valence-electron chi connectivity index (χ3n) is 4.22. The second-order valence-electron chi connectivity index (χ2n) is 5.95. The summed E-state index contributed by atoms with van der Waals surface area (Å²) in [5, 5.41) is 9.41. The lowest BCUT2D eigenvalue weighted by Gasteiger charge is -2.26. The van der Waals surface area contributed by atoms with Gasteiger partial charge < -0.3 is 9.15 Å². The molecule has 0 saturated heterocycles. The average molecular weight is 362 g/mol. The van der Waals surface area contributed by atoms with E-state index >= 15 is 0 Å². The van der Waals surface area contributed by atoms with Gasteiger partial charge in [0.15, 0.2) is 0 Å². The molecule has 1 aliphatic rings. The Balaban J connectivity index is 1.99. The normalized spacial score (nSPS) is 16.0. The van der Waals surface area contributed by atoms with Gasteiger partial charge in [0.05, 0.1) is 19.4 Å². The minimum absolute atomic E-state index is 0.0241. The molecule has 136 valence electrons. The number of nitriles is 1. The van der Waals surface area contributed by atoms with Crippen LogP contribution in [-0.2, 0) is 16.1 Å². The largest absolute Gasteiger partial charge is 0.494 e. The van der Waals surface area contributed by atoms with Gasteiger partial charge in [-0.25, -0.2) is 0 Å². The zero-order chi connectivity index (χ0) is 19.4. The topological polar surface area (TPSA) is 83.5 Å². The third-order valence-corrected chi connectivity index (χ3v) is 4.22. The summed E-state index contributed by atoms with van der Waals surface area (Å²) in [7, 11) is 0. The van der Waals surface area contributed by atoms with Crippen molar-refractivity contribution in [3.05, 3.63) is 70.7 Å². The zero-order valence-electron chi connectivity index (χ0n) is 15.1. The Morgan fingerprint density at radius 2 is 1.93 bits per heavy atom. The molecule has 0 atom stereocenters. The lowest BCUT2D eigenvalue weighted by molar-refractivity contribution is -0.141. The second-order valence-corrected chi connectivity index (χ2v) is 5.95. The van der Waals surface area contributed by atoms with E-state index in [9.17, 15) is 14.9 Å². The number of carbonyl (C=O) groups is 2. The molecule has 2 heterocycles. The Labute approximate surface area is 157 Å². The van der Waals surface area contributed by atoms with Crippen molar-refractivity contribution in [3.8, 4) is 11.8 Å². The monoisotopic (exact) mass is 362 g/mol. The maximum absolute atomic E-state index is 12.9. The standard InChI is InChI=1S/C21H18N2O4/c1-3-26-16-8-6-15(7-9-16)11-18-14(2)19(12-22)21(25)23(20(18)24)13-17-5-4-10-27-17/h4-11H,3,13H2,1-2H3/b18-11+. The van der Waals surface area contributed by atoms with Crippen LogP contribution in [0.2, 0.25) is 0 Å². The molecule has 0 saturated carbocycles. The van der Waals surface area contributed by atoms with Crippen molar-refractivity contribution >= 4 is 17.9 Å². The van der Waals surface area contributed by atoms with Gasteiger partial charge in [-0.1, -0.05) is 12.1 Å². The predicted molar refractivity (Wildman–Crippen MR) is 98.2 cm³/mol. The van der Waals surface area contributed by atoms with Crippen LogP contribution in [0.4, 0.5) is 0 Å². The van der Waals surface area contributed by atoms with Crippen LogP contribution in [0.15, 0.2) is 63.8 Å². The van der Waals surface area contributed by atoms with E-state index in [-0.39, 0.29) is 12.1 Å². The maximum Gasteiger partial charge on any atom is 0.272 e. The van der Waals surface area contributed by atoms with Gasteiger partial charge in [0.25, 0.3) is 11.8 Å².